The second kappa shape index (κ2) is 5.46. The van der Waals surface area contributed by atoms with Gasteiger partial charge in [-0.15, -0.1) is 0 Å². The molecule has 0 saturated carbocycles. The number of pyridine rings is 1. The predicted molar refractivity (Wildman–Crippen MR) is 82.3 cm³/mol. The smallest absolute Gasteiger partial charge is 0.181 e. The minimum absolute atomic E-state index is 0.515. The summed E-state index contributed by atoms with van der Waals surface area (Å²) in [4.78, 5) is 4.65. The lowest BCUT2D eigenvalue weighted by atomic mass is 10.1. The van der Waals surface area contributed by atoms with E-state index in [0.717, 1.165) is 16.8 Å². The molecule has 2 aromatic heterocycles. The van der Waals surface area contributed by atoms with Gasteiger partial charge < -0.3 is 15.2 Å². The van der Waals surface area contributed by atoms with Crippen LogP contribution in [0.1, 0.15) is 5.56 Å². The fourth-order valence-corrected chi connectivity index (χ4v) is 2.45. The molecule has 0 aliphatic rings. The number of ether oxygens (including phenoxy) is 2. The van der Waals surface area contributed by atoms with Crippen molar-refractivity contribution in [2.45, 2.75) is 6.61 Å². The summed E-state index contributed by atoms with van der Waals surface area (Å²) in [5.41, 5.74) is 9.74. The van der Waals surface area contributed by atoms with E-state index in [1.165, 1.54) is 0 Å². The van der Waals surface area contributed by atoms with Crippen molar-refractivity contribution >= 4 is 11.5 Å². The van der Waals surface area contributed by atoms with Crippen LogP contribution in [-0.4, -0.2) is 23.6 Å². The highest BCUT2D eigenvalue weighted by molar-refractivity contribution is 5.78. The third-order valence-corrected chi connectivity index (χ3v) is 3.44. The Kier molecular flexibility index (Phi) is 3.50. The van der Waals surface area contributed by atoms with Gasteiger partial charge in [-0.1, -0.05) is 24.3 Å². The van der Waals surface area contributed by atoms with E-state index in [0.29, 0.717) is 23.8 Å². The number of nitrogens with zero attached hydrogens (tertiary/aromatic N) is 2. The summed E-state index contributed by atoms with van der Waals surface area (Å²) in [7, 11) is 3.30. The maximum atomic E-state index is 6.26. The Morgan fingerprint density at radius 3 is 2.71 bits per heavy atom. The van der Waals surface area contributed by atoms with Crippen LogP contribution in [-0.2, 0) is 11.3 Å². The number of rotatable bonds is 4. The van der Waals surface area contributed by atoms with Crippen molar-refractivity contribution in [3.63, 3.8) is 0 Å². The van der Waals surface area contributed by atoms with E-state index in [4.69, 9.17) is 15.2 Å². The van der Waals surface area contributed by atoms with Gasteiger partial charge in [-0.25, -0.2) is 4.98 Å². The molecule has 0 aliphatic heterocycles. The molecule has 5 nitrogen and oxygen atoms in total. The Morgan fingerprint density at radius 2 is 1.95 bits per heavy atom. The SMILES string of the molecule is COCc1ccccc1-c1nc2c(OC)cccn2c1N. The molecule has 0 saturated heterocycles. The number of methoxy groups -OCH3 is 2. The molecule has 21 heavy (non-hydrogen) atoms. The molecule has 0 amide bonds. The highest BCUT2D eigenvalue weighted by Gasteiger charge is 2.16. The lowest BCUT2D eigenvalue weighted by Gasteiger charge is -2.07. The molecule has 3 aromatic rings. The van der Waals surface area contributed by atoms with Crippen molar-refractivity contribution < 1.29 is 9.47 Å². The zero-order valence-corrected chi connectivity index (χ0v) is 12.0. The molecular weight excluding hydrogens is 266 g/mol. The van der Waals surface area contributed by atoms with E-state index in [1.807, 2.05) is 47.0 Å². The van der Waals surface area contributed by atoms with Gasteiger partial charge in [0.15, 0.2) is 11.4 Å². The Morgan fingerprint density at radius 1 is 1.14 bits per heavy atom. The summed E-state index contributed by atoms with van der Waals surface area (Å²) in [6, 6.07) is 11.7. The van der Waals surface area contributed by atoms with Gasteiger partial charge >= 0.3 is 0 Å². The second-order valence-electron chi connectivity index (χ2n) is 4.71. The largest absolute Gasteiger partial charge is 0.493 e. The minimum Gasteiger partial charge on any atom is -0.493 e. The fraction of sp³-hybridized carbons (Fsp3) is 0.188. The maximum Gasteiger partial charge on any atom is 0.181 e. The van der Waals surface area contributed by atoms with E-state index < -0.39 is 0 Å². The molecule has 0 spiro atoms. The van der Waals surface area contributed by atoms with E-state index >= 15 is 0 Å². The number of imidazole rings is 1. The third-order valence-electron chi connectivity index (χ3n) is 3.44. The summed E-state index contributed by atoms with van der Waals surface area (Å²) in [6.45, 7) is 0.515. The lowest BCUT2D eigenvalue weighted by molar-refractivity contribution is 0.185. The van der Waals surface area contributed by atoms with Crippen LogP contribution in [0.3, 0.4) is 0 Å². The first-order chi connectivity index (χ1) is 10.3. The van der Waals surface area contributed by atoms with Crippen LogP contribution in [0.25, 0.3) is 16.9 Å². The molecule has 0 radical (unpaired) electrons. The first-order valence-electron chi connectivity index (χ1n) is 6.64. The van der Waals surface area contributed by atoms with Crippen molar-refractivity contribution in [3.8, 4) is 17.0 Å². The molecule has 0 atom stereocenters. The van der Waals surface area contributed by atoms with Gasteiger partial charge in [-0.05, 0) is 17.7 Å². The summed E-state index contributed by atoms with van der Waals surface area (Å²) in [5, 5.41) is 0. The van der Waals surface area contributed by atoms with Gasteiger partial charge in [0.25, 0.3) is 0 Å². The molecule has 2 N–H and O–H groups in total. The van der Waals surface area contributed by atoms with Crippen LogP contribution in [0.15, 0.2) is 42.6 Å². The van der Waals surface area contributed by atoms with Gasteiger partial charge in [-0.3, -0.25) is 4.40 Å². The minimum atomic E-state index is 0.515. The van der Waals surface area contributed by atoms with Gasteiger partial charge in [0.05, 0.1) is 13.7 Å². The summed E-state index contributed by atoms with van der Waals surface area (Å²) < 4.78 is 12.4. The van der Waals surface area contributed by atoms with Crippen LogP contribution in [0.5, 0.6) is 5.75 Å². The average Bonchev–Trinajstić information content (AvgIpc) is 2.85. The molecule has 2 heterocycles. The van der Waals surface area contributed by atoms with Crippen molar-refractivity contribution in [3.05, 3.63) is 48.2 Å². The molecule has 5 heteroatoms. The summed E-state index contributed by atoms with van der Waals surface area (Å²) in [5.74, 6) is 1.28. The van der Waals surface area contributed by atoms with Crippen molar-refractivity contribution in [2.75, 3.05) is 20.0 Å². The van der Waals surface area contributed by atoms with Gasteiger partial charge in [0.2, 0.25) is 0 Å². The van der Waals surface area contributed by atoms with Crippen molar-refractivity contribution in [1.82, 2.24) is 9.38 Å². The first-order valence-corrected chi connectivity index (χ1v) is 6.64. The number of hydrogen-bond donors (Lipinski definition) is 1. The molecule has 1 aromatic carbocycles. The molecule has 0 aliphatic carbocycles. The average molecular weight is 283 g/mol. The van der Waals surface area contributed by atoms with Crippen molar-refractivity contribution in [1.29, 1.82) is 0 Å². The molecule has 0 unspecified atom stereocenters. The van der Waals surface area contributed by atoms with Crippen LogP contribution in [0.2, 0.25) is 0 Å². The van der Waals surface area contributed by atoms with Gasteiger partial charge in [0.1, 0.15) is 11.5 Å². The van der Waals surface area contributed by atoms with Gasteiger partial charge in [0, 0.05) is 18.9 Å². The zero-order chi connectivity index (χ0) is 14.8. The highest BCUT2D eigenvalue weighted by atomic mass is 16.5. The van der Waals surface area contributed by atoms with Crippen molar-refractivity contribution in [2.24, 2.45) is 0 Å². The van der Waals surface area contributed by atoms with E-state index in [-0.39, 0.29) is 0 Å². The molecule has 3 rings (SSSR count). The van der Waals surface area contributed by atoms with Crippen LogP contribution in [0.4, 0.5) is 5.82 Å². The van der Waals surface area contributed by atoms with E-state index in [9.17, 15) is 0 Å². The normalized spacial score (nSPS) is 11.0. The first kappa shape index (κ1) is 13.5. The molecule has 0 bridgehead atoms. The maximum absolute atomic E-state index is 6.26. The monoisotopic (exact) mass is 283 g/mol. The second-order valence-corrected chi connectivity index (χ2v) is 4.71. The van der Waals surface area contributed by atoms with Crippen LogP contribution in [0, 0.1) is 0 Å². The quantitative estimate of drug-likeness (QED) is 0.799. The number of nitrogens with two attached hydrogens (primary N) is 1. The molecule has 108 valence electrons. The van der Waals surface area contributed by atoms with E-state index in [1.54, 1.807) is 14.2 Å². The topological polar surface area (TPSA) is 61.8 Å². The Labute approximate surface area is 122 Å². The Balaban J connectivity index is 2.24. The molecule has 0 fully saturated rings. The van der Waals surface area contributed by atoms with Crippen LogP contribution < -0.4 is 10.5 Å². The zero-order valence-electron chi connectivity index (χ0n) is 12.0. The summed E-state index contributed by atoms with van der Waals surface area (Å²) in [6.07, 6.45) is 1.88. The summed E-state index contributed by atoms with van der Waals surface area (Å²) >= 11 is 0. The number of anilines is 1. The molecular formula is C16H17N3O2. The fourth-order valence-electron chi connectivity index (χ4n) is 2.45. The Hall–Kier alpha value is -2.53. The lowest BCUT2D eigenvalue weighted by Crippen LogP contribution is -1.97. The third kappa shape index (κ3) is 2.21. The number of benzene rings is 1. The Bertz CT molecular complexity index is 780. The predicted octanol–water partition coefficient (Wildman–Crippen LogP) is 2.74. The number of hydrogen-bond acceptors (Lipinski definition) is 4. The highest BCUT2D eigenvalue weighted by Crippen LogP contribution is 2.32. The number of fused-ring (bicyclic) bond motifs is 1. The van der Waals surface area contributed by atoms with Gasteiger partial charge in [-0.2, -0.15) is 0 Å². The van der Waals surface area contributed by atoms with Crippen LogP contribution >= 0.6 is 0 Å². The number of nitrogen functional groups attached to an aromatic ring is 1. The van der Waals surface area contributed by atoms with E-state index in [2.05, 4.69) is 4.98 Å². The standard InChI is InChI=1S/C16H17N3O2/c1-20-10-11-6-3-4-7-12(11)14-15(17)19-9-5-8-13(21-2)16(19)18-14/h3-9H,10,17H2,1-2H3. The number of aromatic nitrogens is 2.